The van der Waals surface area contributed by atoms with Gasteiger partial charge in [-0.1, -0.05) is 31.9 Å². The van der Waals surface area contributed by atoms with Crippen LogP contribution in [0.2, 0.25) is 0 Å². The third kappa shape index (κ3) is 3.67. The molecule has 0 radical (unpaired) electrons. The number of aliphatic hydroxyl groups is 2. The first-order valence-corrected chi connectivity index (χ1v) is 11.6. The monoisotopic (exact) mass is 400 g/mol. The summed E-state index contributed by atoms with van der Waals surface area (Å²) in [6, 6.07) is 4.22. The summed E-state index contributed by atoms with van der Waals surface area (Å²) in [5.74, 6) is 2.48. The van der Waals surface area contributed by atoms with Crippen LogP contribution in [-0.2, 0) is 0 Å². The van der Waals surface area contributed by atoms with Crippen LogP contribution >= 0.6 is 0 Å². The van der Waals surface area contributed by atoms with Gasteiger partial charge in [0.25, 0.3) is 0 Å². The van der Waals surface area contributed by atoms with Crippen molar-refractivity contribution >= 4 is 5.82 Å². The Balaban J connectivity index is 1.69. The lowest BCUT2D eigenvalue weighted by Crippen LogP contribution is -2.49. The van der Waals surface area contributed by atoms with E-state index in [0.29, 0.717) is 17.3 Å². The zero-order valence-corrected chi connectivity index (χ0v) is 18.7. The lowest BCUT2D eigenvalue weighted by atomic mass is 9.53. The van der Waals surface area contributed by atoms with E-state index in [0.717, 1.165) is 25.8 Å². The Kier molecular flexibility index (Phi) is 5.63. The molecule has 5 atom stereocenters. The average Bonchev–Trinajstić information content (AvgIpc) is 3.32. The molecule has 162 valence electrons. The third-order valence-electron chi connectivity index (χ3n) is 8.90. The Morgan fingerprint density at radius 1 is 1.17 bits per heavy atom. The van der Waals surface area contributed by atoms with E-state index in [-0.39, 0.29) is 24.0 Å². The second-order valence-electron chi connectivity index (χ2n) is 10.9. The van der Waals surface area contributed by atoms with Crippen LogP contribution in [0.25, 0.3) is 0 Å². The molecule has 0 bridgehead atoms. The number of nitrogens with zero attached hydrogens (tertiary/aromatic N) is 1. The normalized spacial score (nSPS) is 36.9. The second kappa shape index (κ2) is 7.77. The number of hydrogen-bond donors (Lipinski definition) is 3. The summed E-state index contributed by atoms with van der Waals surface area (Å²) < 4.78 is 0. The van der Waals surface area contributed by atoms with Gasteiger partial charge in [-0.25, -0.2) is 0 Å². The Bertz CT molecular complexity index is 738. The summed E-state index contributed by atoms with van der Waals surface area (Å²) in [5, 5.41) is 20.5. The molecule has 0 aliphatic heterocycles. The summed E-state index contributed by atoms with van der Waals surface area (Å²) in [4.78, 5) is 5.75. The van der Waals surface area contributed by atoms with E-state index >= 15 is 0 Å². The molecule has 0 saturated heterocycles. The lowest BCUT2D eigenvalue weighted by Gasteiger charge is -2.53. The molecule has 1 fully saturated rings. The topological polar surface area (TPSA) is 59.5 Å². The van der Waals surface area contributed by atoms with Crippen molar-refractivity contribution in [2.24, 2.45) is 28.6 Å². The second-order valence-corrected chi connectivity index (χ2v) is 10.9. The molecule has 29 heavy (non-hydrogen) atoms. The number of H-pyrrole nitrogens is 1. The Labute approximate surface area is 176 Å². The molecular formula is C25H40N2O2. The van der Waals surface area contributed by atoms with Crippen LogP contribution in [0.1, 0.15) is 65.7 Å². The van der Waals surface area contributed by atoms with Gasteiger partial charge < -0.3 is 20.1 Å². The average molecular weight is 401 g/mol. The summed E-state index contributed by atoms with van der Waals surface area (Å²) in [6.07, 6.45) is 9.33. The molecule has 3 aliphatic carbocycles. The quantitative estimate of drug-likeness (QED) is 0.625. The minimum absolute atomic E-state index is 0.0977. The minimum atomic E-state index is -0.246. The molecule has 0 spiro atoms. The van der Waals surface area contributed by atoms with Gasteiger partial charge in [0, 0.05) is 32.3 Å². The van der Waals surface area contributed by atoms with E-state index < -0.39 is 0 Å². The fourth-order valence-corrected chi connectivity index (χ4v) is 6.98. The number of hydrogen-bond acceptors (Lipinski definition) is 3. The first-order chi connectivity index (χ1) is 13.8. The lowest BCUT2D eigenvalue weighted by molar-refractivity contribution is -0.0575. The fourth-order valence-electron chi connectivity index (χ4n) is 6.98. The molecule has 1 saturated carbocycles. The molecule has 3 aliphatic rings. The first-order valence-electron chi connectivity index (χ1n) is 11.6. The maximum absolute atomic E-state index is 10.3. The van der Waals surface area contributed by atoms with Gasteiger partial charge in [0.1, 0.15) is 5.82 Å². The predicted octanol–water partition coefficient (Wildman–Crippen LogP) is 4.75. The van der Waals surface area contributed by atoms with Crippen molar-refractivity contribution in [3.05, 3.63) is 29.5 Å². The zero-order valence-electron chi connectivity index (χ0n) is 18.7. The first kappa shape index (κ1) is 21.0. The van der Waals surface area contributed by atoms with Crippen molar-refractivity contribution in [3.63, 3.8) is 0 Å². The molecule has 3 N–H and O–H groups in total. The molecule has 4 nitrogen and oxygen atoms in total. The molecule has 0 unspecified atom stereocenters. The van der Waals surface area contributed by atoms with Crippen LogP contribution < -0.4 is 4.90 Å². The Morgan fingerprint density at radius 2 is 1.97 bits per heavy atom. The number of aliphatic hydroxyl groups excluding tert-OH is 2. The highest BCUT2D eigenvalue weighted by Crippen LogP contribution is 2.59. The minimum Gasteiger partial charge on any atom is -0.396 e. The molecular weight excluding hydrogens is 360 g/mol. The van der Waals surface area contributed by atoms with Crippen molar-refractivity contribution in [2.75, 3.05) is 25.1 Å². The van der Waals surface area contributed by atoms with Crippen LogP contribution in [0.3, 0.4) is 0 Å². The highest BCUT2D eigenvalue weighted by atomic mass is 16.3. The van der Waals surface area contributed by atoms with Gasteiger partial charge in [-0.15, -0.1) is 0 Å². The molecule has 4 rings (SSSR count). The van der Waals surface area contributed by atoms with Crippen LogP contribution in [0.5, 0.6) is 0 Å². The maximum atomic E-state index is 10.3. The SMILES string of the molecule is CN(C[C@H]1C2=C(CC[C@@H]1[C@@]1(C)CC[C@H](O)C[C@@H]1CO)C(C)(C)CC2)c1ccc[nH]1. The summed E-state index contributed by atoms with van der Waals surface area (Å²) >= 11 is 0. The highest BCUT2D eigenvalue weighted by Gasteiger charge is 2.51. The van der Waals surface area contributed by atoms with Crippen LogP contribution in [0.15, 0.2) is 29.5 Å². The van der Waals surface area contributed by atoms with Gasteiger partial charge in [0.15, 0.2) is 0 Å². The molecule has 1 aromatic heterocycles. The molecule has 4 heteroatoms. The van der Waals surface area contributed by atoms with E-state index in [1.54, 1.807) is 11.1 Å². The van der Waals surface area contributed by atoms with Crippen molar-refractivity contribution in [2.45, 2.75) is 71.8 Å². The molecule has 1 aromatic rings. The van der Waals surface area contributed by atoms with Crippen LogP contribution in [0.4, 0.5) is 5.82 Å². The van der Waals surface area contributed by atoms with E-state index in [1.807, 2.05) is 6.20 Å². The Hall–Kier alpha value is -1.26. The van der Waals surface area contributed by atoms with Gasteiger partial charge in [0.05, 0.1) is 6.10 Å². The maximum Gasteiger partial charge on any atom is 0.105 e. The van der Waals surface area contributed by atoms with Gasteiger partial charge in [-0.05, 0) is 79.7 Å². The van der Waals surface area contributed by atoms with Crippen molar-refractivity contribution in [1.29, 1.82) is 0 Å². The summed E-state index contributed by atoms with van der Waals surface area (Å²) in [7, 11) is 2.20. The predicted molar refractivity (Wildman–Crippen MR) is 119 cm³/mol. The van der Waals surface area contributed by atoms with Crippen molar-refractivity contribution in [1.82, 2.24) is 4.98 Å². The van der Waals surface area contributed by atoms with E-state index in [2.05, 4.69) is 49.8 Å². The van der Waals surface area contributed by atoms with E-state index in [4.69, 9.17) is 0 Å². The molecule has 1 heterocycles. The van der Waals surface area contributed by atoms with Crippen molar-refractivity contribution < 1.29 is 10.2 Å². The van der Waals surface area contributed by atoms with Gasteiger partial charge in [-0.2, -0.15) is 0 Å². The largest absolute Gasteiger partial charge is 0.396 e. The summed E-state index contributed by atoms with van der Waals surface area (Å²) in [6.45, 7) is 8.49. The van der Waals surface area contributed by atoms with Crippen LogP contribution in [-0.4, -0.2) is 41.5 Å². The van der Waals surface area contributed by atoms with Gasteiger partial charge in [-0.3, -0.25) is 0 Å². The standard InChI is InChI=1S/C25H40N2O2/c1-24(2)11-10-19-20(15-27(4)23-6-5-13-26-23)22(8-7-21(19)24)25(3)12-9-18(29)14-17(25)16-28/h5-6,13,17-18,20,22,26,28-29H,7-12,14-16H2,1-4H3/t17-,18+,20+,22+,25+/m1/s1. The smallest absolute Gasteiger partial charge is 0.105 e. The third-order valence-corrected chi connectivity index (χ3v) is 8.90. The van der Waals surface area contributed by atoms with Gasteiger partial charge in [0.2, 0.25) is 0 Å². The Morgan fingerprint density at radius 3 is 2.66 bits per heavy atom. The molecule has 0 aromatic carbocycles. The number of anilines is 1. The highest BCUT2D eigenvalue weighted by molar-refractivity contribution is 5.40. The number of nitrogens with one attached hydrogen (secondary N) is 1. The number of aromatic amines is 1. The van der Waals surface area contributed by atoms with Crippen LogP contribution in [0, 0.1) is 28.6 Å². The number of rotatable bonds is 5. The molecule has 0 amide bonds. The fraction of sp³-hybridized carbons (Fsp3) is 0.760. The number of aromatic nitrogens is 1. The number of allylic oxidation sites excluding steroid dienone is 1. The van der Waals surface area contributed by atoms with Crippen molar-refractivity contribution in [3.8, 4) is 0 Å². The van der Waals surface area contributed by atoms with E-state index in [1.165, 1.54) is 31.5 Å². The van der Waals surface area contributed by atoms with Gasteiger partial charge >= 0.3 is 0 Å². The summed E-state index contributed by atoms with van der Waals surface area (Å²) in [5.41, 5.74) is 3.87. The van der Waals surface area contributed by atoms with E-state index in [9.17, 15) is 10.2 Å². The zero-order chi connectivity index (χ0) is 20.8.